The van der Waals surface area contributed by atoms with Crippen molar-refractivity contribution in [2.24, 2.45) is 0 Å². The molecule has 23 heavy (non-hydrogen) atoms. The van der Waals surface area contributed by atoms with Crippen molar-refractivity contribution < 1.29 is 13.6 Å². The summed E-state index contributed by atoms with van der Waals surface area (Å²) < 4.78 is 26.6. The maximum Gasteiger partial charge on any atom is 0.288 e. The number of carbonyl (C=O) groups excluding carboxylic acids is 1. The van der Waals surface area contributed by atoms with Crippen molar-refractivity contribution in [3.63, 3.8) is 0 Å². The molecule has 0 aromatic heterocycles. The predicted octanol–water partition coefficient (Wildman–Crippen LogP) is 7.56. The Morgan fingerprint density at radius 1 is 0.913 bits per heavy atom. The van der Waals surface area contributed by atoms with E-state index in [1.165, 1.54) is 0 Å². The Labute approximate surface area is 159 Å². The van der Waals surface area contributed by atoms with Crippen molar-refractivity contribution in [3.8, 4) is 0 Å². The zero-order chi connectivity index (χ0) is 17.3. The van der Waals surface area contributed by atoms with E-state index in [9.17, 15) is 13.6 Å². The van der Waals surface area contributed by atoms with Crippen LogP contribution < -0.4 is 5.32 Å². The SMILES string of the molecule is O=C(Nc1cc(F)ccc1F)Sc1c(Cl)c(Cl)c(Cl)c(Cl)c1Cl. The van der Waals surface area contributed by atoms with Crippen molar-refractivity contribution in [2.75, 3.05) is 5.32 Å². The maximum absolute atomic E-state index is 13.5. The highest BCUT2D eigenvalue weighted by Crippen LogP contribution is 2.48. The molecule has 0 heterocycles. The first kappa shape index (κ1) is 18.9. The van der Waals surface area contributed by atoms with E-state index >= 15 is 0 Å². The molecule has 2 nitrogen and oxygen atoms in total. The van der Waals surface area contributed by atoms with Gasteiger partial charge in [0.25, 0.3) is 5.24 Å². The normalized spacial score (nSPS) is 10.7. The average molecular weight is 438 g/mol. The van der Waals surface area contributed by atoms with Gasteiger partial charge >= 0.3 is 0 Å². The van der Waals surface area contributed by atoms with E-state index in [-0.39, 0.29) is 35.7 Å². The highest BCUT2D eigenvalue weighted by atomic mass is 35.5. The van der Waals surface area contributed by atoms with Crippen LogP contribution in [-0.2, 0) is 0 Å². The number of hydrogen-bond donors (Lipinski definition) is 1. The van der Waals surface area contributed by atoms with Crippen molar-refractivity contribution in [1.82, 2.24) is 0 Å². The highest BCUT2D eigenvalue weighted by molar-refractivity contribution is 8.14. The second kappa shape index (κ2) is 7.64. The summed E-state index contributed by atoms with van der Waals surface area (Å²) in [6.07, 6.45) is 0. The minimum atomic E-state index is -0.801. The lowest BCUT2D eigenvalue weighted by Crippen LogP contribution is -2.07. The number of benzene rings is 2. The van der Waals surface area contributed by atoms with Crippen LogP contribution in [0.2, 0.25) is 25.1 Å². The molecule has 0 aliphatic carbocycles. The van der Waals surface area contributed by atoms with E-state index in [1.54, 1.807) is 0 Å². The number of anilines is 1. The Morgan fingerprint density at radius 3 is 2.00 bits per heavy atom. The summed E-state index contributed by atoms with van der Waals surface area (Å²) in [6.45, 7) is 0. The zero-order valence-corrected chi connectivity index (χ0v) is 15.3. The molecule has 2 aromatic carbocycles. The van der Waals surface area contributed by atoms with Crippen molar-refractivity contribution in [3.05, 3.63) is 54.9 Å². The molecule has 2 rings (SSSR count). The molecule has 0 atom stereocenters. The smallest absolute Gasteiger partial charge is 0.288 e. The van der Waals surface area contributed by atoms with E-state index in [1.807, 2.05) is 0 Å². The van der Waals surface area contributed by atoms with E-state index in [4.69, 9.17) is 58.0 Å². The fourth-order valence-electron chi connectivity index (χ4n) is 1.50. The predicted molar refractivity (Wildman–Crippen MR) is 92.7 cm³/mol. The fourth-order valence-corrected chi connectivity index (χ4v) is 3.71. The first-order chi connectivity index (χ1) is 10.7. The van der Waals surface area contributed by atoms with Crippen molar-refractivity contribution in [1.29, 1.82) is 0 Å². The zero-order valence-electron chi connectivity index (χ0n) is 10.7. The summed E-state index contributed by atoms with van der Waals surface area (Å²) in [5.74, 6) is -1.51. The summed E-state index contributed by atoms with van der Waals surface area (Å²) in [6, 6.07) is 2.63. The Kier molecular flexibility index (Phi) is 6.28. The second-order valence-corrected chi connectivity index (χ2v) is 6.91. The largest absolute Gasteiger partial charge is 0.314 e. The number of hydrogen-bond acceptors (Lipinski definition) is 2. The van der Waals surface area contributed by atoms with Crippen LogP contribution >= 0.6 is 69.8 Å². The molecule has 1 amide bonds. The molecule has 0 unspecified atom stereocenters. The van der Waals surface area contributed by atoms with Gasteiger partial charge in [-0.1, -0.05) is 58.0 Å². The second-order valence-electron chi connectivity index (χ2n) is 4.04. The summed E-state index contributed by atoms with van der Waals surface area (Å²) in [5, 5.41) is 1.05. The van der Waals surface area contributed by atoms with Gasteiger partial charge in [-0.25, -0.2) is 8.78 Å². The van der Waals surface area contributed by atoms with Gasteiger partial charge < -0.3 is 5.32 Å². The van der Waals surface area contributed by atoms with Gasteiger partial charge in [-0.05, 0) is 23.9 Å². The van der Waals surface area contributed by atoms with Crippen LogP contribution in [0.3, 0.4) is 0 Å². The van der Waals surface area contributed by atoms with E-state index < -0.39 is 16.9 Å². The summed E-state index contributed by atoms with van der Waals surface area (Å²) >= 11 is 30.1. The van der Waals surface area contributed by atoms with E-state index in [0.29, 0.717) is 11.8 Å². The Hall–Kier alpha value is -0.430. The molecule has 0 aliphatic rings. The first-order valence-electron chi connectivity index (χ1n) is 5.67. The number of nitrogens with one attached hydrogen (secondary N) is 1. The minimum absolute atomic E-state index is 0.0436. The molecule has 0 saturated carbocycles. The van der Waals surface area contributed by atoms with Crippen LogP contribution in [0, 0.1) is 11.6 Å². The van der Waals surface area contributed by atoms with Gasteiger partial charge in [-0.2, -0.15) is 0 Å². The molecule has 2 aromatic rings. The molecular formula is C13H4Cl5F2NOS. The number of amides is 1. The summed E-state index contributed by atoms with van der Waals surface area (Å²) in [7, 11) is 0. The number of carbonyl (C=O) groups is 1. The monoisotopic (exact) mass is 435 g/mol. The molecule has 0 bridgehead atoms. The van der Waals surface area contributed by atoms with Gasteiger partial charge in [0, 0.05) is 6.07 Å². The quantitative estimate of drug-likeness (QED) is 0.298. The van der Waals surface area contributed by atoms with Gasteiger partial charge in [0.05, 0.1) is 35.7 Å². The van der Waals surface area contributed by atoms with Gasteiger partial charge in [-0.3, -0.25) is 4.79 Å². The van der Waals surface area contributed by atoms with Crippen LogP contribution in [0.15, 0.2) is 23.1 Å². The highest BCUT2D eigenvalue weighted by Gasteiger charge is 2.22. The third-order valence-corrected chi connectivity index (χ3v) is 5.93. The lowest BCUT2D eigenvalue weighted by molar-refractivity contribution is 0.269. The summed E-state index contributed by atoms with van der Waals surface area (Å²) in [5.41, 5.74) is -0.332. The van der Waals surface area contributed by atoms with Gasteiger partial charge in [0.1, 0.15) is 11.6 Å². The third-order valence-electron chi connectivity index (χ3n) is 2.53. The number of thioether (sulfide) groups is 1. The van der Waals surface area contributed by atoms with Crippen LogP contribution in [-0.4, -0.2) is 5.24 Å². The average Bonchev–Trinajstić information content (AvgIpc) is 2.51. The number of halogens is 7. The van der Waals surface area contributed by atoms with E-state index in [2.05, 4.69) is 5.32 Å². The molecule has 0 saturated heterocycles. The number of rotatable bonds is 2. The molecular weight excluding hydrogens is 433 g/mol. The van der Waals surface area contributed by atoms with Gasteiger partial charge in [0.2, 0.25) is 0 Å². The van der Waals surface area contributed by atoms with Gasteiger partial charge in [0.15, 0.2) is 0 Å². The Morgan fingerprint density at radius 2 is 1.43 bits per heavy atom. The summed E-state index contributed by atoms with van der Waals surface area (Å²) in [4.78, 5) is 12.0. The lowest BCUT2D eigenvalue weighted by Gasteiger charge is -2.12. The molecule has 0 fully saturated rings. The van der Waals surface area contributed by atoms with Gasteiger partial charge in [-0.15, -0.1) is 0 Å². The molecule has 122 valence electrons. The third kappa shape index (κ3) is 4.16. The lowest BCUT2D eigenvalue weighted by atomic mass is 10.3. The molecule has 0 aliphatic heterocycles. The van der Waals surface area contributed by atoms with Crippen molar-refractivity contribution in [2.45, 2.75) is 4.90 Å². The Bertz CT molecular complexity index is 773. The Balaban J connectivity index is 2.29. The minimum Gasteiger partial charge on any atom is -0.314 e. The van der Waals surface area contributed by atoms with Crippen LogP contribution in [0.5, 0.6) is 0 Å². The van der Waals surface area contributed by atoms with Crippen LogP contribution in [0.25, 0.3) is 0 Å². The molecule has 0 spiro atoms. The van der Waals surface area contributed by atoms with Crippen LogP contribution in [0.4, 0.5) is 19.3 Å². The standard InChI is InChI=1S/C13H4Cl5F2NOS/c14-7-8(15)10(17)12(11(18)9(7)16)23-13(22)21-6-3-4(19)1-2-5(6)20/h1-3H,(H,21,22). The van der Waals surface area contributed by atoms with E-state index in [0.717, 1.165) is 18.2 Å². The maximum atomic E-state index is 13.5. The van der Waals surface area contributed by atoms with Crippen molar-refractivity contribution >= 4 is 80.7 Å². The van der Waals surface area contributed by atoms with Crippen LogP contribution in [0.1, 0.15) is 0 Å². The molecule has 10 heteroatoms. The molecule has 0 radical (unpaired) electrons. The first-order valence-corrected chi connectivity index (χ1v) is 8.38. The topological polar surface area (TPSA) is 29.1 Å². The fraction of sp³-hybridized carbons (Fsp3) is 0. The molecule has 1 N–H and O–H groups in total.